The number of ether oxygens (including phenoxy) is 2. The van der Waals surface area contributed by atoms with Crippen molar-refractivity contribution >= 4 is 64.6 Å². The number of hydrogen-bond acceptors (Lipinski definition) is 9. The summed E-state index contributed by atoms with van der Waals surface area (Å²) in [6, 6.07) is 5.54. The lowest BCUT2D eigenvalue weighted by atomic mass is 9.93. The van der Waals surface area contributed by atoms with Crippen LogP contribution in [0.25, 0.3) is 0 Å². The highest BCUT2D eigenvalue weighted by Gasteiger charge is 2.55. The number of anilines is 1. The standard InChI is InChI=1S/C32H40Cl2N4O6S/c1-5-32(15-22(45-21-8-6-7-9-21)18-38(32)30(42)44-31(2,3)4)29(41)43-28(40)25(35)14-19-10-12-20(13-11-19)37-27(39)26-23(33)16-36-17-24(26)34/h10-13,16-17,21-22,25H,5-9,14-15,18,35H2,1-4H3,(H,37,39)/t22-,25+,32+/m1/s1. The first-order chi connectivity index (χ1) is 21.2. The average molecular weight is 680 g/mol. The van der Waals surface area contributed by atoms with E-state index in [4.69, 9.17) is 38.4 Å². The first-order valence-corrected chi connectivity index (χ1v) is 16.8. The summed E-state index contributed by atoms with van der Waals surface area (Å²) in [6.07, 6.45) is 7.36. The van der Waals surface area contributed by atoms with E-state index in [1.54, 1.807) is 45.0 Å². The number of esters is 2. The highest BCUT2D eigenvalue weighted by molar-refractivity contribution is 8.00. The predicted octanol–water partition coefficient (Wildman–Crippen LogP) is 6.41. The average Bonchev–Trinajstić information content (AvgIpc) is 3.61. The lowest BCUT2D eigenvalue weighted by Crippen LogP contribution is -2.55. The van der Waals surface area contributed by atoms with Crippen LogP contribution in [-0.4, -0.2) is 68.0 Å². The van der Waals surface area contributed by atoms with Crippen molar-refractivity contribution in [3.63, 3.8) is 0 Å². The molecule has 1 aliphatic carbocycles. The van der Waals surface area contributed by atoms with Gasteiger partial charge in [-0.2, -0.15) is 11.8 Å². The minimum absolute atomic E-state index is 0.0153. The van der Waals surface area contributed by atoms with Crippen LogP contribution in [0, 0.1) is 0 Å². The van der Waals surface area contributed by atoms with Crippen molar-refractivity contribution in [1.82, 2.24) is 9.88 Å². The normalized spacial score (nSPS) is 21.0. The van der Waals surface area contributed by atoms with Crippen molar-refractivity contribution in [2.45, 2.75) is 100 Å². The van der Waals surface area contributed by atoms with Crippen LogP contribution < -0.4 is 11.1 Å². The maximum atomic E-state index is 13.7. The van der Waals surface area contributed by atoms with Gasteiger partial charge >= 0.3 is 18.0 Å². The largest absolute Gasteiger partial charge is 0.444 e. The summed E-state index contributed by atoms with van der Waals surface area (Å²) < 4.78 is 11.1. The maximum absolute atomic E-state index is 13.7. The van der Waals surface area contributed by atoms with Crippen molar-refractivity contribution < 1.29 is 28.7 Å². The molecule has 0 bridgehead atoms. The van der Waals surface area contributed by atoms with Crippen LogP contribution in [0.5, 0.6) is 0 Å². The lowest BCUT2D eigenvalue weighted by Gasteiger charge is -2.36. The summed E-state index contributed by atoms with van der Waals surface area (Å²) in [5.41, 5.74) is 5.34. The summed E-state index contributed by atoms with van der Waals surface area (Å²) >= 11 is 14.0. The van der Waals surface area contributed by atoms with Gasteiger partial charge in [-0.15, -0.1) is 0 Å². The van der Waals surface area contributed by atoms with Gasteiger partial charge in [0.05, 0.1) is 15.6 Å². The molecule has 0 unspecified atom stereocenters. The van der Waals surface area contributed by atoms with Crippen molar-refractivity contribution in [3.05, 3.63) is 57.8 Å². The third kappa shape index (κ3) is 8.69. The molecule has 1 aliphatic heterocycles. The molecule has 2 amide bonds. The third-order valence-corrected chi connectivity index (χ3v) is 10.1. The summed E-state index contributed by atoms with van der Waals surface area (Å²) in [4.78, 5) is 58.1. The van der Waals surface area contributed by atoms with Gasteiger partial charge in [0.1, 0.15) is 17.2 Å². The number of carbonyl (C=O) groups excluding carboxylic acids is 4. The number of hydrogen-bond donors (Lipinski definition) is 2. The Morgan fingerprint density at radius 2 is 1.71 bits per heavy atom. The molecule has 1 saturated carbocycles. The molecule has 4 rings (SSSR count). The molecule has 0 radical (unpaired) electrons. The molecule has 2 aliphatic rings. The number of rotatable bonds is 9. The van der Waals surface area contributed by atoms with Gasteiger partial charge in [0.2, 0.25) is 0 Å². The summed E-state index contributed by atoms with van der Waals surface area (Å²) in [5.74, 6) is -2.18. The summed E-state index contributed by atoms with van der Waals surface area (Å²) in [7, 11) is 0. The summed E-state index contributed by atoms with van der Waals surface area (Å²) in [6.45, 7) is 7.46. The number of nitrogens with two attached hydrogens (primary N) is 1. The molecule has 3 atom stereocenters. The van der Waals surface area contributed by atoms with Gasteiger partial charge in [-0.1, -0.05) is 55.1 Å². The third-order valence-electron chi connectivity index (χ3n) is 7.98. The van der Waals surface area contributed by atoms with Crippen LogP contribution in [-0.2, 0) is 25.5 Å². The fourth-order valence-corrected chi connectivity index (χ4v) is 8.00. The molecular weight excluding hydrogens is 639 g/mol. The first-order valence-electron chi connectivity index (χ1n) is 15.1. The number of likely N-dealkylation sites (tertiary alicyclic amines) is 1. The van der Waals surface area contributed by atoms with Crippen LogP contribution in [0.1, 0.15) is 82.1 Å². The van der Waals surface area contributed by atoms with Crippen molar-refractivity contribution in [1.29, 1.82) is 0 Å². The Morgan fingerprint density at radius 1 is 1.09 bits per heavy atom. The Morgan fingerprint density at radius 3 is 2.29 bits per heavy atom. The summed E-state index contributed by atoms with van der Waals surface area (Å²) in [5, 5.41) is 3.46. The second-order valence-corrected chi connectivity index (χ2v) is 14.9. The monoisotopic (exact) mass is 678 g/mol. The number of benzene rings is 1. The number of carbonyl (C=O) groups is 4. The number of pyridine rings is 1. The number of nitrogens with zero attached hydrogens (tertiary/aromatic N) is 2. The number of aromatic nitrogens is 1. The minimum atomic E-state index is -1.34. The smallest absolute Gasteiger partial charge is 0.411 e. The predicted molar refractivity (Wildman–Crippen MR) is 176 cm³/mol. The van der Waals surface area contributed by atoms with Crippen LogP contribution in [0.4, 0.5) is 10.5 Å². The van der Waals surface area contributed by atoms with Crippen LogP contribution in [0.2, 0.25) is 10.0 Å². The zero-order valence-electron chi connectivity index (χ0n) is 25.9. The van der Waals surface area contributed by atoms with Gasteiger partial charge in [0.25, 0.3) is 5.91 Å². The fourth-order valence-electron chi connectivity index (χ4n) is 5.70. The van der Waals surface area contributed by atoms with Crippen molar-refractivity contribution in [3.8, 4) is 0 Å². The zero-order valence-corrected chi connectivity index (χ0v) is 28.3. The van der Waals surface area contributed by atoms with E-state index in [0.717, 1.165) is 12.8 Å². The molecular formula is C32H40Cl2N4O6S. The van der Waals surface area contributed by atoms with E-state index in [2.05, 4.69) is 10.3 Å². The van der Waals surface area contributed by atoms with Gasteiger partial charge < -0.3 is 20.5 Å². The second-order valence-electron chi connectivity index (χ2n) is 12.5. The van der Waals surface area contributed by atoms with E-state index in [0.29, 0.717) is 29.5 Å². The maximum Gasteiger partial charge on any atom is 0.411 e. The Labute approximate surface area is 278 Å². The SMILES string of the molecule is CC[C@@]1(C(=O)OC(=O)[C@@H](N)Cc2ccc(NC(=O)c3c(Cl)cncc3Cl)cc2)C[C@@H](SC2CCCC2)CN1C(=O)OC(C)(C)C. The quantitative estimate of drug-likeness (QED) is 0.227. The second kappa shape index (κ2) is 14.7. The van der Waals surface area contributed by atoms with E-state index >= 15 is 0 Å². The lowest BCUT2D eigenvalue weighted by molar-refractivity contribution is -0.168. The first kappa shape index (κ1) is 35.0. The van der Waals surface area contributed by atoms with Gasteiger partial charge in [0.15, 0.2) is 0 Å². The molecule has 244 valence electrons. The van der Waals surface area contributed by atoms with Gasteiger partial charge in [-0.05, 0) is 70.6 Å². The molecule has 2 fully saturated rings. The molecule has 13 heteroatoms. The zero-order chi connectivity index (χ0) is 32.9. The van der Waals surface area contributed by atoms with Crippen LogP contribution >= 0.6 is 35.0 Å². The minimum Gasteiger partial charge on any atom is -0.444 e. The molecule has 1 aromatic heterocycles. The van der Waals surface area contributed by atoms with Crippen LogP contribution in [0.15, 0.2) is 36.7 Å². The number of amides is 2. The number of halogens is 2. The molecule has 1 aromatic carbocycles. The Kier molecular flexibility index (Phi) is 11.4. The Balaban J connectivity index is 1.41. The Bertz CT molecular complexity index is 1390. The van der Waals surface area contributed by atoms with E-state index < -0.39 is 41.1 Å². The van der Waals surface area contributed by atoms with E-state index in [1.807, 2.05) is 18.7 Å². The highest BCUT2D eigenvalue weighted by Crippen LogP contribution is 2.43. The van der Waals surface area contributed by atoms with Gasteiger partial charge in [-0.3, -0.25) is 14.7 Å². The van der Waals surface area contributed by atoms with E-state index in [-0.39, 0.29) is 33.7 Å². The molecule has 45 heavy (non-hydrogen) atoms. The van der Waals surface area contributed by atoms with E-state index in [9.17, 15) is 19.2 Å². The van der Waals surface area contributed by atoms with Crippen molar-refractivity contribution in [2.75, 3.05) is 11.9 Å². The molecule has 3 N–H and O–H groups in total. The topological polar surface area (TPSA) is 141 Å². The molecule has 2 aromatic rings. The molecule has 1 saturated heterocycles. The van der Waals surface area contributed by atoms with E-state index in [1.165, 1.54) is 30.1 Å². The number of thioether (sulfide) groups is 1. The van der Waals surface area contributed by atoms with Gasteiger partial charge in [0, 0.05) is 35.1 Å². The Hall–Kier alpha value is -2.86. The molecule has 10 nitrogen and oxygen atoms in total. The number of nitrogens with one attached hydrogen (secondary N) is 1. The van der Waals surface area contributed by atoms with Gasteiger partial charge in [-0.25, -0.2) is 14.4 Å². The van der Waals surface area contributed by atoms with Crippen LogP contribution in [0.3, 0.4) is 0 Å². The molecule has 2 heterocycles. The highest BCUT2D eigenvalue weighted by atomic mass is 35.5. The molecule has 0 spiro atoms. The van der Waals surface area contributed by atoms with Crippen molar-refractivity contribution in [2.24, 2.45) is 5.73 Å². The fraction of sp³-hybridized carbons (Fsp3) is 0.531.